The van der Waals surface area contributed by atoms with Crippen LogP contribution in [-0.4, -0.2) is 82.3 Å². The second-order valence-electron chi connectivity index (χ2n) is 21.3. The normalized spacial score (nSPS) is 13.5. The predicted octanol–water partition coefficient (Wildman–Crippen LogP) is 16.8. The van der Waals surface area contributed by atoms with Gasteiger partial charge in [-0.1, -0.05) is 233 Å². The van der Waals surface area contributed by atoms with Crippen molar-refractivity contribution in [2.24, 2.45) is 0 Å². The summed E-state index contributed by atoms with van der Waals surface area (Å²) in [5, 5.41) is 11.8. The number of quaternary nitrogens is 1. The lowest BCUT2D eigenvalue weighted by molar-refractivity contribution is -0.870. The fourth-order valence-corrected chi connectivity index (χ4v) is 8.16. The number of esters is 2. The van der Waals surface area contributed by atoms with Gasteiger partial charge in [0.05, 0.1) is 40.3 Å². The molecular weight excluding hydrogens is 935 g/mol. The number of carbonyl (C=O) groups excluding carboxylic acids is 3. The molecule has 0 heterocycles. The Morgan fingerprint density at radius 2 is 0.760 bits per heavy atom. The summed E-state index contributed by atoms with van der Waals surface area (Å²) in [6.45, 7) is 4.60. The number of likely N-dealkylation sites (N-methyl/N-ethyl adjacent to an activating group) is 1. The van der Waals surface area contributed by atoms with Crippen LogP contribution in [0.4, 0.5) is 0 Å². The summed E-state index contributed by atoms with van der Waals surface area (Å²) in [7, 11) is 5.92. The Labute approximate surface area is 461 Å². The zero-order valence-corrected chi connectivity index (χ0v) is 48.9. The lowest BCUT2D eigenvalue weighted by Gasteiger charge is -2.26. The lowest BCUT2D eigenvalue weighted by Crippen LogP contribution is -2.44. The van der Waals surface area contributed by atoms with Gasteiger partial charge in [0.2, 0.25) is 0 Å². The smallest absolute Gasteiger partial charge is 0.306 e. The van der Waals surface area contributed by atoms with Crippen LogP contribution in [0.25, 0.3) is 0 Å². The van der Waals surface area contributed by atoms with Crippen molar-refractivity contribution in [2.45, 2.75) is 257 Å². The molecule has 0 spiro atoms. The zero-order valence-electron chi connectivity index (χ0n) is 48.9. The van der Waals surface area contributed by atoms with E-state index in [1.807, 2.05) is 21.1 Å². The molecule has 0 fully saturated rings. The van der Waals surface area contributed by atoms with E-state index in [9.17, 15) is 19.5 Å². The molecule has 0 radical (unpaired) electrons. The number of carboxylic acids is 1. The molecule has 75 heavy (non-hydrogen) atoms. The Balaban J connectivity index is 4.17. The van der Waals surface area contributed by atoms with Gasteiger partial charge >= 0.3 is 11.9 Å². The fourth-order valence-electron chi connectivity index (χ4n) is 8.16. The van der Waals surface area contributed by atoms with Gasteiger partial charge in [-0.25, -0.2) is 0 Å². The molecule has 0 aromatic carbocycles. The fraction of sp³-hybridized carbons (Fsp3) is 0.712. The van der Waals surface area contributed by atoms with E-state index in [0.29, 0.717) is 17.4 Å². The van der Waals surface area contributed by atoms with Crippen LogP contribution in [0.3, 0.4) is 0 Å². The first kappa shape index (κ1) is 71.2. The molecular formula is C66H113NO8. The second kappa shape index (κ2) is 56.4. The number of aliphatic carboxylic acids is 1. The quantitative estimate of drug-likeness (QED) is 0.0195. The van der Waals surface area contributed by atoms with Crippen molar-refractivity contribution < 1.29 is 42.9 Å². The number of unbranched alkanes of at least 4 members (excludes halogenated alkanes) is 24. The number of nitrogens with zero attached hydrogens (tertiary/aromatic N) is 1. The van der Waals surface area contributed by atoms with Crippen LogP contribution >= 0.6 is 0 Å². The van der Waals surface area contributed by atoms with Crippen molar-refractivity contribution in [1.82, 2.24) is 0 Å². The zero-order chi connectivity index (χ0) is 54.8. The lowest BCUT2D eigenvalue weighted by atomic mass is 10.0. The number of ether oxygens (including phenoxy) is 4. The van der Waals surface area contributed by atoms with Gasteiger partial charge < -0.3 is 33.3 Å². The minimum atomic E-state index is -1.63. The van der Waals surface area contributed by atoms with E-state index in [1.165, 1.54) is 116 Å². The average Bonchev–Trinajstić information content (AvgIpc) is 3.38. The third kappa shape index (κ3) is 57.7. The monoisotopic (exact) mass is 1050 g/mol. The highest BCUT2D eigenvalue weighted by molar-refractivity contribution is 5.70. The van der Waals surface area contributed by atoms with E-state index in [4.69, 9.17) is 18.9 Å². The van der Waals surface area contributed by atoms with Crippen molar-refractivity contribution in [3.05, 3.63) is 97.2 Å². The van der Waals surface area contributed by atoms with Crippen molar-refractivity contribution in [1.29, 1.82) is 0 Å². The third-order valence-electron chi connectivity index (χ3n) is 12.8. The van der Waals surface area contributed by atoms with Crippen LogP contribution in [0.2, 0.25) is 0 Å². The van der Waals surface area contributed by atoms with Crippen LogP contribution < -0.4 is 5.11 Å². The number of carboxylic acid groups (broad SMARTS) is 1. The molecule has 0 aliphatic heterocycles. The number of hydrogen-bond donors (Lipinski definition) is 0. The molecule has 0 rings (SSSR count). The molecule has 0 aliphatic carbocycles. The van der Waals surface area contributed by atoms with Gasteiger partial charge in [0.25, 0.3) is 0 Å². The third-order valence-corrected chi connectivity index (χ3v) is 12.8. The molecule has 430 valence electrons. The SMILES string of the molecule is CC/C=C\C/C=C\C/C=C\C/C=C\C/C=C\C/C=C\CCCCCCCCCCCCCCCCC(=O)OC(COC(=O)CCCCCCCCC/C=C\C/C=C\CCCCC)COC(OCC[N+](C)(C)C)C(=O)[O-]. The Hall–Kier alpha value is -3.79. The van der Waals surface area contributed by atoms with Crippen molar-refractivity contribution in [3.8, 4) is 0 Å². The Morgan fingerprint density at radius 3 is 1.13 bits per heavy atom. The summed E-state index contributed by atoms with van der Waals surface area (Å²) in [5.41, 5.74) is 0. The van der Waals surface area contributed by atoms with Gasteiger partial charge in [-0.2, -0.15) is 0 Å². The summed E-state index contributed by atoms with van der Waals surface area (Å²) < 4.78 is 22.7. The number of allylic oxidation sites excluding steroid dienone is 16. The molecule has 9 heteroatoms. The molecule has 0 bridgehead atoms. The number of hydrogen-bond acceptors (Lipinski definition) is 8. The Morgan fingerprint density at radius 1 is 0.413 bits per heavy atom. The minimum Gasteiger partial charge on any atom is -0.545 e. The van der Waals surface area contributed by atoms with E-state index in [0.717, 1.165) is 96.3 Å². The maximum atomic E-state index is 12.9. The molecule has 0 saturated heterocycles. The highest BCUT2D eigenvalue weighted by atomic mass is 16.7. The first-order valence-electron chi connectivity index (χ1n) is 30.4. The van der Waals surface area contributed by atoms with Crippen LogP contribution in [0.1, 0.15) is 245 Å². The van der Waals surface area contributed by atoms with E-state index in [-0.39, 0.29) is 38.6 Å². The topological polar surface area (TPSA) is 111 Å². The molecule has 0 N–H and O–H groups in total. The van der Waals surface area contributed by atoms with Gasteiger partial charge in [-0.05, 0) is 96.3 Å². The molecule has 9 nitrogen and oxygen atoms in total. The predicted molar refractivity (Wildman–Crippen MR) is 315 cm³/mol. The van der Waals surface area contributed by atoms with Crippen LogP contribution in [0, 0.1) is 0 Å². The summed E-state index contributed by atoms with van der Waals surface area (Å²) in [5.74, 6) is -2.29. The van der Waals surface area contributed by atoms with E-state index >= 15 is 0 Å². The summed E-state index contributed by atoms with van der Waals surface area (Å²) in [4.78, 5) is 37.3. The van der Waals surface area contributed by atoms with Gasteiger partial charge in [0.15, 0.2) is 12.4 Å². The summed E-state index contributed by atoms with van der Waals surface area (Å²) in [6.07, 6.45) is 73.2. The summed E-state index contributed by atoms with van der Waals surface area (Å²) in [6, 6.07) is 0. The molecule has 0 aromatic rings. The number of rotatable bonds is 55. The number of carbonyl (C=O) groups is 3. The largest absolute Gasteiger partial charge is 0.545 e. The maximum absolute atomic E-state index is 12.9. The molecule has 0 saturated carbocycles. The average molecular weight is 1050 g/mol. The molecule has 0 aromatic heterocycles. The minimum absolute atomic E-state index is 0.143. The maximum Gasteiger partial charge on any atom is 0.306 e. The van der Waals surface area contributed by atoms with Gasteiger partial charge in [-0.15, -0.1) is 0 Å². The van der Waals surface area contributed by atoms with Crippen LogP contribution in [0.15, 0.2) is 97.2 Å². The first-order chi connectivity index (χ1) is 36.6. The van der Waals surface area contributed by atoms with Crippen molar-refractivity contribution in [2.75, 3.05) is 47.5 Å². The standard InChI is InChI=1S/C66H113NO8/c1-6-8-10-12-14-16-18-20-22-24-25-26-27-28-29-30-31-32-33-34-35-36-37-38-39-41-43-45-47-49-51-53-55-57-64(69)75-62(61-74-66(65(70)71)72-59-58-67(3,4)5)60-73-63(68)56-54-52-50-48-46-44-42-40-23-21-19-17-15-13-11-9-7-2/h8,10,14-17,20-23,25-26,28-29,31-32,62,66H,6-7,9,11-13,18-19,24,27,30,33-61H2,1-5H3/b10-8-,16-14-,17-15-,22-20-,23-21-,26-25-,29-28-,32-31-. The molecule has 0 aliphatic rings. The summed E-state index contributed by atoms with van der Waals surface area (Å²) >= 11 is 0. The second-order valence-corrected chi connectivity index (χ2v) is 21.3. The Bertz CT molecular complexity index is 1550. The van der Waals surface area contributed by atoms with Crippen LogP contribution in [0.5, 0.6) is 0 Å². The van der Waals surface area contributed by atoms with Crippen LogP contribution in [-0.2, 0) is 33.3 Å². The van der Waals surface area contributed by atoms with Crippen molar-refractivity contribution in [3.63, 3.8) is 0 Å². The van der Waals surface area contributed by atoms with E-state index in [1.54, 1.807) is 0 Å². The molecule has 0 amide bonds. The first-order valence-corrected chi connectivity index (χ1v) is 30.4. The van der Waals surface area contributed by atoms with E-state index in [2.05, 4.69) is 111 Å². The Kier molecular flexibility index (Phi) is 53.6. The molecule has 2 atom stereocenters. The van der Waals surface area contributed by atoms with Gasteiger partial charge in [0, 0.05) is 12.8 Å². The van der Waals surface area contributed by atoms with Gasteiger partial charge in [-0.3, -0.25) is 9.59 Å². The van der Waals surface area contributed by atoms with Gasteiger partial charge in [0.1, 0.15) is 13.2 Å². The van der Waals surface area contributed by atoms with Crippen molar-refractivity contribution >= 4 is 17.9 Å². The highest BCUT2D eigenvalue weighted by Gasteiger charge is 2.22. The highest BCUT2D eigenvalue weighted by Crippen LogP contribution is 2.16. The molecule has 2 unspecified atom stereocenters. The van der Waals surface area contributed by atoms with E-state index < -0.39 is 24.3 Å².